The minimum atomic E-state index is -1.32. The van der Waals surface area contributed by atoms with Gasteiger partial charge in [-0.25, -0.2) is 0 Å². The molecule has 3 amide bonds. The molecule has 6 aliphatic rings. The van der Waals surface area contributed by atoms with Crippen LogP contribution in [0.2, 0.25) is 0 Å². The highest BCUT2D eigenvalue weighted by atomic mass is 16.3. The number of pyridine rings is 1. The van der Waals surface area contributed by atoms with Crippen LogP contribution in [-0.4, -0.2) is 43.9 Å². The van der Waals surface area contributed by atoms with Crippen molar-refractivity contribution in [1.29, 1.82) is 0 Å². The molecular formula is C24H20N4O4. The molecule has 160 valence electrons. The van der Waals surface area contributed by atoms with Crippen LogP contribution in [-0.2, 0) is 20.0 Å². The number of hydrogen-bond donors (Lipinski definition) is 2. The monoisotopic (exact) mass is 428 g/mol. The molecule has 2 spiro atoms. The molecule has 3 fully saturated rings. The number of aliphatic hydroxyl groups is 1. The van der Waals surface area contributed by atoms with Crippen molar-refractivity contribution in [1.82, 2.24) is 15.2 Å². The zero-order valence-electron chi connectivity index (χ0n) is 17.3. The summed E-state index contributed by atoms with van der Waals surface area (Å²) in [7, 11) is 0. The minimum Gasteiger partial charge on any atom is -0.385 e. The van der Waals surface area contributed by atoms with Crippen molar-refractivity contribution in [3.63, 3.8) is 0 Å². The van der Waals surface area contributed by atoms with Crippen LogP contribution in [0, 0.1) is 5.92 Å². The van der Waals surface area contributed by atoms with E-state index in [1.54, 1.807) is 53.4 Å². The first-order valence-corrected chi connectivity index (χ1v) is 10.8. The van der Waals surface area contributed by atoms with E-state index >= 15 is 0 Å². The van der Waals surface area contributed by atoms with Gasteiger partial charge in [0.05, 0.1) is 29.3 Å². The van der Waals surface area contributed by atoms with Crippen LogP contribution in [0.3, 0.4) is 0 Å². The van der Waals surface area contributed by atoms with E-state index < -0.39 is 40.6 Å². The van der Waals surface area contributed by atoms with Crippen molar-refractivity contribution in [2.75, 3.05) is 4.90 Å². The average molecular weight is 428 g/mol. The second-order valence-electron chi connectivity index (χ2n) is 9.57. The quantitative estimate of drug-likeness (QED) is 0.524. The number of anilines is 1. The summed E-state index contributed by atoms with van der Waals surface area (Å²) < 4.78 is 0. The fourth-order valence-electron chi connectivity index (χ4n) is 7.06. The van der Waals surface area contributed by atoms with Crippen molar-refractivity contribution in [3.8, 4) is 0 Å². The standard InChI is InChI=1S/C24H20N4O4/c1-22(32)15-6-2-3-7-16(15)27-20(30)21(31)28-19(13-5-4-8-25-12-13)23-11-17(22)24(27,28)10-14(23)9-18(29)26-23/h2-8,10,12,17,19,32H,9,11H2,1H3,(H,26,29)/t17-,19+,22+,23-,24+/m0/s1. The summed E-state index contributed by atoms with van der Waals surface area (Å²) in [6, 6.07) is 10.3. The van der Waals surface area contributed by atoms with Gasteiger partial charge in [-0.05, 0) is 42.7 Å². The van der Waals surface area contributed by atoms with Crippen LogP contribution in [0.1, 0.15) is 36.9 Å². The maximum Gasteiger partial charge on any atom is 0.318 e. The summed E-state index contributed by atoms with van der Waals surface area (Å²) in [5, 5.41) is 15.0. The SMILES string of the molecule is C[C@@]1(O)c2ccccc2N2C(=O)C(=O)N3[C@H](c4cccnc4)[C@]45C[C@@H]1[C@]23C=C4CC(=O)N5. The number of nitrogens with one attached hydrogen (secondary N) is 1. The Morgan fingerprint density at radius 3 is 2.72 bits per heavy atom. The maximum absolute atomic E-state index is 13.6. The highest BCUT2D eigenvalue weighted by Crippen LogP contribution is 2.68. The van der Waals surface area contributed by atoms with Crippen molar-refractivity contribution >= 4 is 23.4 Å². The Balaban J connectivity index is 1.60. The minimum absolute atomic E-state index is 0.121. The second-order valence-corrected chi connectivity index (χ2v) is 9.57. The van der Waals surface area contributed by atoms with Gasteiger partial charge in [0.15, 0.2) is 0 Å². The molecule has 6 heterocycles. The van der Waals surface area contributed by atoms with Gasteiger partial charge in [-0.3, -0.25) is 29.2 Å². The van der Waals surface area contributed by atoms with Gasteiger partial charge in [0.1, 0.15) is 5.66 Å². The highest BCUT2D eigenvalue weighted by molar-refractivity contribution is 6.44. The van der Waals surface area contributed by atoms with E-state index in [9.17, 15) is 19.5 Å². The number of benzene rings is 1. The Kier molecular flexibility index (Phi) is 2.98. The van der Waals surface area contributed by atoms with Gasteiger partial charge in [0.2, 0.25) is 5.91 Å². The molecule has 0 saturated carbocycles. The summed E-state index contributed by atoms with van der Waals surface area (Å²) in [4.78, 5) is 47.2. The summed E-state index contributed by atoms with van der Waals surface area (Å²) >= 11 is 0. The van der Waals surface area contributed by atoms with E-state index in [-0.39, 0.29) is 12.3 Å². The van der Waals surface area contributed by atoms with Crippen molar-refractivity contribution < 1.29 is 19.5 Å². The Labute approximate surface area is 183 Å². The molecule has 0 radical (unpaired) electrons. The number of hydrogen-bond acceptors (Lipinski definition) is 5. The summed E-state index contributed by atoms with van der Waals surface area (Å²) in [6.07, 6.45) is 5.85. The van der Waals surface area contributed by atoms with Gasteiger partial charge in [0, 0.05) is 23.9 Å². The second kappa shape index (κ2) is 5.27. The predicted molar refractivity (Wildman–Crippen MR) is 112 cm³/mol. The third kappa shape index (κ3) is 1.70. The first-order valence-electron chi connectivity index (χ1n) is 10.8. The zero-order valence-corrected chi connectivity index (χ0v) is 17.3. The van der Waals surface area contributed by atoms with E-state index in [1.165, 1.54) is 0 Å². The Morgan fingerprint density at radius 1 is 1.12 bits per heavy atom. The molecule has 8 rings (SSSR count). The Bertz CT molecular complexity index is 1290. The molecule has 1 aliphatic carbocycles. The first-order chi connectivity index (χ1) is 15.3. The molecule has 8 nitrogen and oxygen atoms in total. The van der Waals surface area contributed by atoms with E-state index in [1.807, 2.05) is 18.2 Å². The van der Waals surface area contributed by atoms with Crippen LogP contribution >= 0.6 is 0 Å². The van der Waals surface area contributed by atoms with Crippen LogP contribution in [0.25, 0.3) is 0 Å². The number of para-hydroxylation sites is 1. The third-order valence-corrected chi connectivity index (χ3v) is 8.15. The van der Waals surface area contributed by atoms with Crippen LogP contribution < -0.4 is 10.2 Å². The first kappa shape index (κ1) is 18.1. The Morgan fingerprint density at radius 2 is 1.94 bits per heavy atom. The number of carbonyl (C=O) groups excluding carboxylic acids is 3. The van der Waals surface area contributed by atoms with E-state index in [0.717, 1.165) is 11.1 Å². The molecule has 2 aromatic rings. The Hall–Kier alpha value is -3.52. The normalized spacial score (nSPS) is 38.3. The van der Waals surface area contributed by atoms with Crippen LogP contribution in [0.5, 0.6) is 0 Å². The fourth-order valence-corrected chi connectivity index (χ4v) is 7.06. The average Bonchev–Trinajstić information content (AvgIpc) is 3.22. The number of rotatable bonds is 1. The van der Waals surface area contributed by atoms with Crippen molar-refractivity contribution in [2.45, 2.75) is 42.6 Å². The number of fused-ring (bicyclic) bond motifs is 2. The number of nitrogens with zero attached hydrogens (tertiary/aromatic N) is 3. The maximum atomic E-state index is 13.6. The van der Waals surface area contributed by atoms with Crippen LogP contribution in [0.15, 0.2) is 60.4 Å². The van der Waals surface area contributed by atoms with Crippen molar-refractivity contribution in [3.05, 3.63) is 71.6 Å². The number of piperidine rings is 1. The van der Waals surface area contributed by atoms with Gasteiger partial charge in [-0.2, -0.15) is 0 Å². The topological polar surface area (TPSA) is 103 Å². The molecule has 8 heteroatoms. The fraction of sp³-hybridized carbons (Fsp3) is 0.333. The molecule has 2 bridgehead atoms. The van der Waals surface area contributed by atoms with Gasteiger partial charge >= 0.3 is 11.8 Å². The predicted octanol–water partition coefficient (Wildman–Crippen LogP) is 1.13. The molecule has 2 N–H and O–H groups in total. The number of carbonyl (C=O) groups is 3. The molecule has 0 unspecified atom stereocenters. The zero-order chi connectivity index (χ0) is 22.0. The lowest BCUT2D eigenvalue weighted by atomic mass is 9.54. The van der Waals surface area contributed by atoms with Gasteiger partial charge in [-0.15, -0.1) is 0 Å². The van der Waals surface area contributed by atoms with E-state index in [0.29, 0.717) is 17.7 Å². The summed E-state index contributed by atoms with van der Waals surface area (Å²) in [5.41, 5.74) is -0.641. The summed E-state index contributed by atoms with van der Waals surface area (Å²) in [5.74, 6) is -1.89. The molecule has 5 atom stereocenters. The highest BCUT2D eigenvalue weighted by Gasteiger charge is 2.78. The van der Waals surface area contributed by atoms with Gasteiger partial charge in [-0.1, -0.05) is 24.3 Å². The number of aromatic nitrogens is 1. The molecule has 3 saturated heterocycles. The lowest BCUT2D eigenvalue weighted by Gasteiger charge is -2.67. The van der Waals surface area contributed by atoms with Crippen LogP contribution in [0.4, 0.5) is 5.69 Å². The smallest absolute Gasteiger partial charge is 0.318 e. The molecular weight excluding hydrogens is 408 g/mol. The number of amides is 3. The lowest BCUT2D eigenvalue weighted by molar-refractivity contribution is -0.163. The van der Waals surface area contributed by atoms with Gasteiger partial charge in [0.25, 0.3) is 0 Å². The molecule has 1 aromatic heterocycles. The van der Waals surface area contributed by atoms with E-state index in [4.69, 9.17) is 0 Å². The molecule has 1 aromatic carbocycles. The lowest BCUT2D eigenvalue weighted by Crippen LogP contribution is -2.77. The summed E-state index contributed by atoms with van der Waals surface area (Å²) in [6.45, 7) is 1.74. The van der Waals surface area contributed by atoms with Gasteiger partial charge < -0.3 is 10.4 Å². The van der Waals surface area contributed by atoms with Crippen molar-refractivity contribution in [2.24, 2.45) is 5.92 Å². The molecule has 5 aliphatic heterocycles. The largest absolute Gasteiger partial charge is 0.385 e. The third-order valence-electron chi connectivity index (χ3n) is 8.15. The molecule has 32 heavy (non-hydrogen) atoms. The van der Waals surface area contributed by atoms with E-state index in [2.05, 4.69) is 10.3 Å².